The van der Waals surface area contributed by atoms with Gasteiger partial charge in [-0.15, -0.1) is 5.10 Å². The smallest absolute Gasteiger partial charge is 0.323 e. The molecule has 0 saturated carbocycles. The second-order valence-electron chi connectivity index (χ2n) is 7.00. The number of aryl methyl sites for hydroxylation is 1. The Balaban J connectivity index is 1.78. The van der Waals surface area contributed by atoms with Gasteiger partial charge in [0, 0.05) is 18.3 Å². The summed E-state index contributed by atoms with van der Waals surface area (Å²) in [5, 5.41) is 17.4. The maximum atomic E-state index is 13.4. The van der Waals surface area contributed by atoms with Crippen LogP contribution in [0.5, 0.6) is 0 Å². The standard InChI is InChI=1S/C18H23FN4O2/c1-12-10-16(21-23(12)14-7-4-6-13(19)11-14)20-17(24)22-9-5-8-15(22)18(2,3)25/h4,6-7,10-11,15,25H,5,8-9H2,1-3H3,(H,20,21,24). The first-order chi connectivity index (χ1) is 11.8. The second-order valence-corrected chi connectivity index (χ2v) is 7.00. The third-order valence-corrected chi connectivity index (χ3v) is 4.50. The fourth-order valence-electron chi connectivity index (χ4n) is 3.33. The lowest BCUT2D eigenvalue weighted by atomic mass is 9.97. The molecular formula is C18H23FN4O2. The van der Waals surface area contributed by atoms with E-state index in [2.05, 4.69) is 10.4 Å². The quantitative estimate of drug-likeness (QED) is 0.897. The summed E-state index contributed by atoms with van der Waals surface area (Å²) < 4.78 is 15.0. The van der Waals surface area contributed by atoms with E-state index in [1.54, 1.807) is 41.6 Å². The van der Waals surface area contributed by atoms with E-state index < -0.39 is 5.60 Å². The number of likely N-dealkylation sites (tertiary alicyclic amines) is 1. The Bertz CT molecular complexity index is 782. The van der Waals surface area contributed by atoms with E-state index in [1.807, 2.05) is 6.92 Å². The Morgan fingerprint density at radius 1 is 1.40 bits per heavy atom. The van der Waals surface area contributed by atoms with E-state index in [9.17, 15) is 14.3 Å². The van der Waals surface area contributed by atoms with Gasteiger partial charge in [-0.1, -0.05) is 6.07 Å². The summed E-state index contributed by atoms with van der Waals surface area (Å²) in [6, 6.07) is 7.35. The predicted molar refractivity (Wildman–Crippen MR) is 93.3 cm³/mol. The molecular weight excluding hydrogens is 323 g/mol. The highest BCUT2D eigenvalue weighted by Crippen LogP contribution is 2.27. The molecule has 2 amide bonds. The van der Waals surface area contributed by atoms with E-state index in [0.717, 1.165) is 18.5 Å². The van der Waals surface area contributed by atoms with Crippen molar-refractivity contribution in [1.82, 2.24) is 14.7 Å². The van der Waals surface area contributed by atoms with E-state index in [4.69, 9.17) is 0 Å². The summed E-state index contributed by atoms with van der Waals surface area (Å²) in [7, 11) is 0. The number of urea groups is 1. The van der Waals surface area contributed by atoms with Crippen molar-refractivity contribution in [3.05, 3.63) is 41.8 Å². The van der Waals surface area contributed by atoms with Crippen LogP contribution in [0.1, 0.15) is 32.4 Å². The van der Waals surface area contributed by atoms with Crippen LogP contribution in [-0.4, -0.2) is 44.0 Å². The minimum Gasteiger partial charge on any atom is -0.388 e. The molecule has 0 spiro atoms. The topological polar surface area (TPSA) is 70.4 Å². The third-order valence-electron chi connectivity index (χ3n) is 4.50. The molecule has 1 aliphatic rings. The molecule has 1 saturated heterocycles. The lowest BCUT2D eigenvalue weighted by molar-refractivity contribution is 0.0117. The molecule has 1 fully saturated rings. The first-order valence-electron chi connectivity index (χ1n) is 8.38. The third kappa shape index (κ3) is 3.66. The molecule has 25 heavy (non-hydrogen) atoms. The Kier molecular flexibility index (Phi) is 4.51. The van der Waals surface area contributed by atoms with Crippen LogP contribution in [0.4, 0.5) is 15.0 Å². The molecule has 2 aromatic rings. The number of benzene rings is 1. The molecule has 134 valence electrons. The van der Waals surface area contributed by atoms with E-state index in [0.29, 0.717) is 18.1 Å². The van der Waals surface area contributed by atoms with Gasteiger partial charge in [-0.25, -0.2) is 13.9 Å². The van der Waals surface area contributed by atoms with Crippen molar-refractivity contribution in [3.63, 3.8) is 0 Å². The Labute approximate surface area is 146 Å². The highest BCUT2D eigenvalue weighted by Gasteiger charge is 2.38. The van der Waals surface area contributed by atoms with Crippen LogP contribution in [0.2, 0.25) is 0 Å². The second kappa shape index (κ2) is 6.48. The molecule has 7 heteroatoms. The molecule has 0 aliphatic carbocycles. The van der Waals surface area contributed by atoms with Gasteiger partial charge < -0.3 is 10.0 Å². The van der Waals surface area contributed by atoms with Crippen LogP contribution in [0.3, 0.4) is 0 Å². The number of carbonyl (C=O) groups excluding carboxylic acids is 1. The van der Waals surface area contributed by atoms with Gasteiger partial charge >= 0.3 is 6.03 Å². The zero-order valence-electron chi connectivity index (χ0n) is 14.7. The molecule has 1 aromatic carbocycles. The molecule has 1 atom stereocenters. The number of halogens is 1. The number of amides is 2. The number of aromatic nitrogens is 2. The van der Waals surface area contributed by atoms with E-state index in [1.165, 1.54) is 12.1 Å². The fraction of sp³-hybridized carbons (Fsp3) is 0.444. The Morgan fingerprint density at radius 3 is 2.84 bits per heavy atom. The van der Waals surface area contributed by atoms with Gasteiger partial charge in [0.05, 0.1) is 17.3 Å². The van der Waals surface area contributed by atoms with Crippen molar-refractivity contribution in [2.24, 2.45) is 0 Å². The molecule has 1 unspecified atom stereocenters. The minimum atomic E-state index is -0.954. The number of carbonyl (C=O) groups is 1. The molecule has 1 aromatic heterocycles. The zero-order chi connectivity index (χ0) is 18.2. The summed E-state index contributed by atoms with van der Waals surface area (Å²) in [6.07, 6.45) is 1.63. The zero-order valence-corrected chi connectivity index (χ0v) is 14.7. The highest BCUT2D eigenvalue weighted by atomic mass is 19.1. The van der Waals surface area contributed by atoms with Crippen molar-refractivity contribution in [2.75, 3.05) is 11.9 Å². The van der Waals surface area contributed by atoms with Crippen LogP contribution in [0, 0.1) is 12.7 Å². The number of rotatable bonds is 3. The average Bonchev–Trinajstić information content (AvgIpc) is 3.13. The van der Waals surface area contributed by atoms with Crippen molar-refractivity contribution in [3.8, 4) is 5.69 Å². The highest BCUT2D eigenvalue weighted by molar-refractivity contribution is 5.89. The van der Waals surface area contributed by atoms with Crippen LogP contribution >= 0.6 is 0 Å². The number of anilines is 1. The van der Waals surface area contributed by atoms with Crippen molar-refractivity contribution >= 4 is 11.8 Å². The van der Waals surface area contributed by atoms with Gasteiger partial charge in [-0.2, -0.15) is 0 Å². The molecule has 6 nitrogen and oxygen atoms in total. The molecule has 1 aliphatic heterocycles. The summed E-state index contributed by atoms with van der Waals surface area (Å²) in [4.78, 5) is 14.2. The van der Waals surface area contributed by atoms with Gasteiger partial charge in [-0.05, 0) is 51.8 Å². The van der Waals surface area contributed by atoms with Gasteiger partial charge in [-0.3, -0.25) is 5.32 Å². The van der Waals surface area contributed by atoms with Crippen LogP contribution in [0.15, 0.2) is 30.3 Å². The summed E-state index contributed by atoms with van der Waals surface area (Å²) in [6.45, 7) is 5.87. The maximum Gasteiger partial charge on any atom is 0.323 e. The number of hydrogen-bond donors (Lipinski definition) is 2. The van der Waals surface area contributed by atoms with Crippen molar-refractivity contribution in [1.29, 1.82) is 0 Å². The lowest BCUT2D eigenvalue weighted by Gasteiger charge is -2.33. The van der Waals surface area contributed by atoms with Crippen molar-refractivity contribution < 1.29 is 14.3 Å². The largest absolute Gasteiger partial charge is 0.388 e. The van der Waals surface area contributed by atoms with Gasteiger partial charge in [0.2, 0.25) is 0 Å². The molecule has 0 bridgehead atoms. The molecule has 2 heterocycles. The summed E-state index contributed by atoms with van der Waals surface area (Å²) in [5.74, 6) is 0.0521. The first kappa shape index (κ1) is 17.4. The van der Waals surface area contributed by atoms with Crippen molar-refractivity contribution in [2.45, 2.75) is 45.3 Å². The maximum absolute atomic E-state index is 13.4. The monoisotopic (exact) mass is 346 g/mol. The van der Waals surface area contributed by atoms with Crippen LogP contribution < -0.4 is 5.32 Å². The Morgan fingerprint density at radius 2 is 2.16 bits per heavy atom. The SMILES string of the molecule is Cc1cc(NC(=O)N2CCCC2C(C)(C)O)nn1-c1cccc(F)c1. The normalized spacial score (nSPS) is 17.8. The molecule has 3 rings (SSSR count). The number of hydrogen-bond acceptors (Lipinski definition) is 3. The number of nitrogens with zero attached hydrogens (tertiary/aromatic N) is 3. The fourth-order valence-corrected chi connectivity index (χ4v) is 3.33. The number of nitrogens with one attached hydrogen (secondary N) is 1. The summed E-state index contributed by atoms with van der Waals surface area (Å²) in [5.41, 5.74) is 0.417. The molecule has 0 radical (unpaired) electrons. The first-order valence-corrected chi connectivity index (χ1v) is 8.38. The van der Waals surface area contributed by atoms with Crippen LogP contribution in [0.25, 0.3) is 5.69 Å². The molecule has 2 N–H and O–H groups in total. The number of aliphatic hydroxyl groups is 1. The predicted octanol–water partition coefficient (Wildman–Crippen LogP) is 3.09. The van der Waals surface area contributed by atoms with E-state index >= 15 is 0 Å². The van der Waals surface area contributed by atoms with Crippen LogP contribution in [-0.2, 0) is 0 Å². The minimum absolute atomic E-state index is 0.223. The average molecular weight is 346 g/mol. The summed E-state index contributed by atoms with van der Waals surface area (Å²) >= 11 is 0. The van der Waals surface area contributed by atoms with E-state index in [-0.39, 0.29) is 17.9 Å². The lowest BCUT2D eigenvalue weighted by Crippen LogP contribution is -2.49. The van der Waals surface area contributed by atoms with Gasteiger partial charge in [0.25, 0.3) is 0 Å². The van der Waals surface area contributed by atoms with Gasteiger partial charge in [0.1, 0.15) is 5.82 Å². The van der Waals surface area contributed by atoms with Gasteiger partial charge in [0.15, 0.2) is 5.82 Å². The Hall–Kier alpha value is -2.41.